The molecule has 1 heterocycles. The van der Waals surface area contributed by atoms with Gasteiger partial charge in [-0.05, 0) is 49.2 Å². The molecule has 180 valence electrons. The fourth-order valence-corrected chi connectivity index (χ4v) is 3.19. The number of H-pyrrole nitrogens is 1. The van der Waals surface area contributed by atoms with Gasteiger partial charge in [-0.2, -0.15) is 0 Å². The summed E-state index contributed by atoms with van der Waals surface area (Å²) in [4.78, 5) is 27.2. The highest BCUT2D eigenvalue weighted by Crippen LogP contribution is 2.31. The lowest BCUT2D eigenvalue weighted by Gasteiger charge is -2.13. The molecule has 0 spiro atoms. The third-order valence-corrected chi connectivity index (χ3v) is 5.34. The fraction of sp³-hybridized carbons (Fsp3) is 0.360. The van der Waals surface area contributed by atoms with Crippen LogP contribution < -0.4 is 25.1 Å². The lowest BCUT2D eigenvalue weighted by molar-refractivity contribution is -0.121. The summed E-state index contributed by atoms with van der Waals surface area (Å²) in [5, 5.41) is 11.0. The van der Waals surface area contributed by atoms with Crippen LogP contribution in [0.5, 0.6) is 17.2 Å². The van der Waals surface area contributed by atoms with Gasteiger partial charge in [0.2, 0.25) is 5.91 Å². The van der Waals surface area contributed by atoms with Gasteiger partial charge in [-0.15, -0.1) is 10.2 Å². The van der Waals surface area contributed by atoms with E-state index < -0.39 is 0 Å². The monoisotopic (exact) mass is 466 g/mol. The molecule has 0 aliphatic rings. The predicted molar refractivity (Wildman–Crippen MR) is 128 cm³/mol. The maximum absolute atomic E-state index is 12.5. The van der Waals surface area contributed by atoms with Gasteiger partial charge < -0.3 is 24.5 Å². The number of hydrogen-bond acceptors (Lipinski definition) is 7. The molecular weight excluding hydrogens is 436 g/mol. The van der Waals surface area contributed by atoms with E-state index in [0.29, 0.717) is 29.5 Å². The highest BCUT2D eigenvalue weighted by atomic mass is 16.5. The first-order chi connectivity index (χ1) is 16.4. The molecule has 34 heavy (non-hydrogen) atoms. The van der Waals surface area contributed by atoms with E-state index in [1.807, 2.05) is 38.1 Å². The second-order valence-electron chi connectivity index (χ2n) is 7.83. The standard InChI is InChI=1S/C25H30N4O5/c1-5-16(2)26-23(30)12-10-20-25(31)27-24(29-28-20)18-9-11-21(22(14-18)33-4)34-15-17-7-6-8-19(13-17)32-3/h6-9,11,13-14,16H,5,10,12,15H2,1-4H3,(H,26,30)(H,27,29,31)/t16-/m1/s1. The number of amides is 1. The minimum Gasteiger partial charge on any atom is -0.497 e. The second-order valence-corrected chi connectivity index (χ2v) is 7.83. The third kappa shape index (κ3) is 6.57. The van der Waals surface area contributed by atoms with Crippen LogP contribution in [0.25, 0.3) is 11.4 Å². The van der Waals surface area contributed by atoms with Crippen LogP contribution >= 0.6 is 0 Å². The van der Waals surface area contributed by atoms with Crippen LogP contribution in [-0.2, 0) is 17.8 Å². The van der Waals surface area contributed by atoms with Crippen molar-refractivity contribution in [3.63, 3.8) is 0 Å². The van der Waals surface area contributed by atoms with Crippen molar-refractivity contribution >= 4 is 5.91 Å². The molecule has 0 saturated carbocycles. The van der Waals surface area contributed by atoms with Crippen molar-refractivity contribution in [1.82, 2.24) is 20.5 Å². The van der Waals surface area contributed by atoms with Crippen LogP contribution in [0.4, 0.5) is 0 Å². The number of nitrogens with one attached hydrogen (secondary N) is 2. The normalized spacial score (nSPS) is 11.5. The molecule has 0 unspecified atom stereocenters. The van der Waals surface area contributed by atoms with E-state index in [-0.39, 0.29) is 36.0 Å². The van der Waals surface area contributed by atoms with E-state index >= 15 is 0 Å². The topological polar surface area (TPSA) is 115 Å². The SMILES string of the molecule is CC[C@@H](C)NC(=O)CCc1nnc(-c2ccc(OCc3cccc(OC)c3)c(OC)c2)[nH]c1=O. The van der Waals surface area contributed by atoms with Gasteiger partial charge in [-0.3, -0.25) is 9.59 Å². The Morgan fingerprint density at radius 1 is 1.09 bits per heavy atom. The number of rotatable bonds is 11. The zero-order chi connectivity index (χ0) is 24.5. The Morgan fingerprint density at radius 2 is 1.91 bits per heavy atom. The molecule has 9 nitrogen and oxygen atoms in total. The first-order valence-electron chi connectivity index (χ1n) is 11.1. The number of ether oxygens (including phenoxy) is 3. The molecule has 1 aromatic heterocycles. The molecule has 1 atom stereocenters. The second kappa shape index (κ2) is 11.8. The number of aromatic nitrogens is 3. The highest BCUT2D eigenvalue weighted by Gasteiger charge is 2.13. The smallest absolute Gasteiger partial charge is 0.273 e. The Kier molecular flexibility index (Phi) is 8.61. The van der Waals surface area contributed by atoms with Crippen molar-refractivity contribution < 1.29 is 19.0 Å². The Hall–Kier alpha value is -3.88. The Morgan fingerprint density at radius 3 is 2.62 bits per heavy atom. The Labute approximate surface area is 198 Å². The van der Waals surface area contributed by atoms with Gasteiger partial charge in [0.05, 0.1) is 14.2 Å². The van der Waals surface area contributed by atoms with E-state index in [1.165, 1.54) is 0 Å². The number of carbonyl (C=O) groups is 1. The molecule has 0 fully saturated rings. The molecule has 2 N–H and O–H groups in total. The molecule has 2 aromatic carbocycles. The van der Waals surface area contributed by atoms with Crippen LogP contribution in [0.3, 0.4) is 0 Å². The molecule has 1 amide bonds. The van der Waals surface area contributed by atoms with Crippen molar-refractivity contribution in [2.24, 2.45) is 0 Å². The molecule has 0 aliphatic carbocycles. The van der Waals surface area contributed by atoms with Gasteiger partial charge in [0.25, 0.3) is 5.56 Å². The van der Waals surface area contributed by atoms with Gasteiger partial charge in [-0.1, -0.05) is 19.1 Å². The molecule has 3 aromatic rings. The Balaban J connectivity index is 1.69. The summed E-state index contributed by atoms with van der Waals surface area (Å²) in [7, 11) is 3.16. The summed E-state index contributed by atoms with van der Waals surface area (Å²) in [6.07, 6.45) is 1.23. The van der Waals surface area contributed by atoms with Crippen molar-refractivity contribution in [2.45, 2.75) is 45.8 Å². The number of benzene rings is 2. The van der Waals surface area contributed by atoms with Crippen molar-refractivity contribution in [1.29, 1.82) is 0 Å². The predicted octanol–water partition coefficient (Wildman–Crippen LogP) is 3.28. The highest BCUT2D eigenvalue weighted by molar-refractivity contribution is 5.76. The summed E-state index contributed by atoms with van der Waals surface area (Å²) < 4.78 is 16.6. The number of carbonyl (C=O) groups excluding carboxylic acids is 1. The maximum atomic E-state index is 12.5. The van der Waals surface area contributed by atoms with Crippen LogP contribution in [-0.4, -0.2) is 41.3 Å². The molecular formula is C25H30N4O5. The molecule has 0 radical (unpaired) electrons. The van der Waals surface area contributed by atoms with Gasteiger partial charge in [0.1, 0.15) is 18.1 Å². The average molecular weight is 467 g/mol. The largest absolute Gasteiger partial charge is 0.497 e. The quantitative estimate of drug-likeness (QED) is 0.446. The molecule has 3 rings (SSSR count). The molecule has 0 saturated heterocycles. The zero-order valence-corrected chi connectivity index (χ0v) is 19.9. The van der Waals surface area contributed by atoms with Crippen LogP contribution in [0, 0.1) is 0 Å². The summed E-state index contributed by atoms with van der Waals surface area (Å²) in [6, 6.07) is 12.9. The van der Waals surface area contributed by atoms with Crippen molar-refractivity contribution in [3.8, 4) is 28.6 Å². The summed E-state index contributed by atoms with van der Waals surface area (Å²) >= 11 is 0. The first kappa shape index (κ1) is 24.8. The Bertz CT molecular complexity index is 1180. The van der Waals surface area contributed by atoms with E-state index in [9.17, 15) is 9.59 Å². The van der Waals surface area contributed by atoms with Crippen LogP contribution in [0.2, 0.25) is 0 Å². The summed E-state index contributed by atoms with van der Waals surface area (Å²) in [6.45, 7) is 4.26. The van der Waals surface area contributed by atoms with Crippen molar-refractivity contribution in [2.75, 3.05) is 14.2 Å². The average Bonchev–Trinajstić information content (AvgIpc) is 2.86. The van der Waals surface area contributed by atoms with E-state index in [1.54, 1.807) is 32.4 Å². The summed E-state index contributed by atoms with van der Waals surface area (Å²) in [5.41, 5.74) is 1.41. The third-order valence-electron chi connectivity index (χ3n) is 5.34. The van der Waals surface area contributed by atoms with Crippen LogP contribution in [0.15, 0.2) is 47.3 Å². The van der Waals surface area contributed by atoms with E-state index in [2.05, 4.69) is 20.5 Å². The van der Waals surface area contributed by atoms with Gasteiger partial charge >= 0.3 is 0 Å². The minimum absolute atomic E-state index is 0.0942. The lowest BCUT2D eigenvalue weighted by atomic mass is 10.1. The van der Waals surface area contributed by atoms with Crippen LogP contribution in [0.1, 0.15) is 37.9 Å². The lowest BCUT2D eigenvalue weighted by Crippen LogP contribution is -2.32. The number of aromatic amines is 1. The number of methoxy groups -OCH3 is 2. The number of nitrogens with zero attached hydrogens (tertiary/aromatic N) is 2. The van der Waals surface area contributed by atoms with Gasteiger partial charge in [0.15, 0.2) is 17.3 Å². The number of aryl methyl sites for hydroxylation is 1. The zero-order valence-electron chi connectivity index (χ0n) is 19.9. The number of hydrogen-bond donors (Lipinski definition) is 2. The van der Waals surface area contributed by atoms with E-state index in [4.69, 9.17) is 14.2 Å². The van der Waals surface area contributed by atoms with E-state index in [0.717, 1.165) is 17.7 Å². The fourth-order valence-electron chi connectivity index (χ4n) is 3.19. The maximum Gasteiger partial charge on any atom is 0.273 e. The van der Waals surface area contributed by atoms with Gasteiger partial charge in [-0.25, -0.2) is 0 Å². The molecule has 0 bridgehead atoms. The first-order valence-corrected chi connectivity index (χ1v) is 11.1. The molecule has 9 heteroatoms. The molecule has 0 aliphatic heterocycles. The minimum atomic E-state index is -0.376. The van der Waals surface area contributed by atoms with Gasteiger partial charge in [0, 0.05) is 24.4 Å². The van der Waals surface area contributed by atoms with Crippen molar-refractivity contribution in [3.05, 3.63) is 64.1 Å². The summed E-state index contributed by atoms with van der Waals surface area (Å²) in [5.74, 6) is 1.98.